The molecule has 0 saturated heterocycles. The Morgan fingerprint density at radius 1 is 1.14 bits per heavy atom. The lowest BCUT2D eigenvalue weighted by Gasteiger charge is -2.05. The molecule has 0 aliphatic rings. The van der Waals surface area contributed by atoms with Gasteiger partial charge >= 0.3 is 0 Å². The van der Waals surface area contributed by atoms with Crippen LogP contribution in [-0.2, 0) is 0 Å². The molecule has 0 unspecified atom stereocenters. The SMILES string of the molecule is COc1cc(C#N)cc(-n2ccc(-c3ccccn3)n2)c1. The van der Waals surface area contributed by atoms with Gasteiger partial charge in [0.2, 0.25) is 0 Å². The first-order valence-corrected chi connectivity index (χ1v) is 6.37. The van der Waals surface area contributed by atoms with Crippen LogP contribution in [0.1, 0.15) is 5.56 Å². The van der Waals surface area contributed by atoms with Gasteiger partial charge in [-0.25, -0.2) is 4.68 Å². The van der Waals surface area contributed by atoms with Crippen molar-refractivity contribution in [2.24, 2.45) is 0 Å². The average Bonchev–Trinajstić information content (AvgIpc) is 3.05. The Kier molecular flexibility index (Phi) is 3.36. The number of nitrogens with zero attached hydrogens (tertiary/aromatic N) is 4. The zero-order valence-electron chi connectivity index (χ0n) is 11.4. The lowest BCUT2D eigenvalue weighted by Crippen LogP contribution is -1.97. The quantitative estimate of drug-likeness (QED) is 0.738. The van der Waals surface area contributed by atoms with Crippen molar-refractivity contribution in [2.75, 3.05) is 7.11 Å². The van der Waals surface area contributed by atoms with E-state index < -0.39 is 0 Å². The van der Waals surface area contributed by atoms with Crippen LogP contribution in [0.15, 0.2) is 54.9 Å². The largest absolute Gasteiger partial charge is 0.497 e. The number of aromatic nitrogens is 3. The molecule has 0 amide bonds. The second-order valence-electron chi connectivity index (χ2n) is 4.39. The van der Waals surface area contributed by atoms with Gasteiger partial charge in [-0.2, -0.15) is 10.4 Å². The van der Waals surface area contributed by atoms with Gasteiger partial charge in [0, 0.05) is 18.5 Å². The average molecular weight is 276 g/mol. The number of ether oxygens (including phenoxy) is 1. The second-order valence-corrected chi connectivity index (χ2v) is 4.39. The van der Waals surface area contributed by atoms with E-state index in [2.05, 4.69) is 16.2 Å². The maximum Gasteiger partial charge on any atom is 0.122 e. The molecule has 1 aromatic carbocycles. The molecule has 3 rings (SSSR count). The predicted octanol–water partition coefficient (Wildman–Crippen LogP) is 2.81. The van der Waals surface area contributed by atoms with Gasteiger partial charge in [-0.15, -0.1) is 0 Å². The minimum atomic E-state index is 0.527. The van der Waals surface area contributed by atoms with Gasteiger partial charge in [0.1, 0.15) is 11.4 Å². The van der Waals surface area contributed by atoms with Crippen molar-refractivity contribution in [3.63, 3.8) is 0 Å². The maximum absolute atomic E-state index is 9.07. The molecular formula is C16H12N4O. The van der Waals surface area contributed by atoms with Gasteiger partial charge in [-0.3, -0.25) is 4.98 Å². The number of methoxy groups -OCH3 is 1. The van der Waals surface area contributed by atoms with Crippen LogP contribution in [0, 0.1) is 11.3 Å². The van der Waals surface area contributed by atoms with Crippen molar-refractivity contribution in [3.05, 3.63) is 60.4 Å². The number of benzene rings is 1. The fraction of sp³-hybridized carbons (Fsp3) is 0.0625. The molecule has 0 aliphatic heterocycles. The first kappa shape index (κ1) is 12.9. The topological polar surface area (TPSA) is 63.7 Å². The molecule has 0 spiro atoms. The molecule has 0 saturated carbocycles. The van der Waals surface area contributed by atoms with E-state index >= 15 is 0 Å². The summed E-state index contributed by atoms with van der Waals surface area (Å²) in [7, 11) is 1.57. The van der Waals surface area contributed by atoms with Gasteiger partial charge < -0.3 is 4.74 Å². The standard InChI is InChI=1S/C16H12N4O/c1-21-14-9-12(11-17)8-13(10-14)20-7-5-16(19-20)15-4-2-3-6-18-15/h2-10H,1H3. The Hall–Kier alpha value is -3.13. The van der Waals surface area contributed by atoms with E-state index in [9.17, 15) is 0 Å². The van der Waals surface area contributed by atoms with E-state index in [0.29, 0.717) is 11.3 Å². The van der Waals surface area contributed by atoms with Crippen molar-refractivity contribution < 1.29 is 4.74 Å². The molecule has 0 radical (unpaired) electrons. The summed E-state index contributed by atoms with van der Waals surface area (Å²) < 4.78 is 6.91. The molecule has 0 aliphatic carbocycles. The summed E-state index contributed by atoms with van der Waals surface area (Å²) in [5.74, 6) is 0.624. The molecule has 21 heavy (non-hydrogen) atoms. The summed E-state index contributed by atoms with van der Waals surface area (Å²) in [6, 6.07) is 15.0. The van der Waals surface area contributed by atoms with Crippen molar-refractivity contribution in [1.82, 2.24) is 14.8 Å². The summed E-state index contributed by atoms with van der Waals surface area (Å²) in [4.78, 5) is 4.27. The first-order chi connectivity index (χ1) is 10.3. The summed E-state index contributed by atoms with van der Waals surface area (Å²) in [6.07, 6.45) is 3.56. The van der Waals surface area contributed by atoms with Crippen molar-refractivity contribution in [3.8, 4) is 28.9 Å². The van der Waals surface area contributed by atoms with Crippen LogP contribution in [0.5, 0.6) is 5.75 Å². The van der Waals surface area contributed by atoms with Crippen LogP contribution in [0.3, 0.4) is 0 Å². The monoisotopic (exact) mass is 276 g/mol. The van der Waals surface area contributed by atoms with Crippen molar-refractivity contribution in [2.45, 2.75) is 0 Å². The van der Waals surface area contributed by atoms with Crippen LogP contribution < -0.4 is 4.74 Å². The van der Waals surface area contributed by atoms with Crippen LogP contribution in [0.25, 0.3) is 17.1 Å². The molecule has 2 aromatic heterocycles. The molecule has 102 valence electrons. The fourth-order valence-electron chi connectivity index (χ4n) is 2.02. The van der Waals surface area contributed by atoms with Crippen LogP contribution >= 0.6 is 0 Å². The van der Waals surface area contributed by atoms with Crippen LogP contribution in [0.2, 0.25) is 0 Å². The highest BCUT2D eigenvalue weighted by atomic mass is 16.5. The van der Waals surface area contributed by atoms with Crippen molar-refractivity contribution in [1.29, 1.82) is 5.26 Å². The van der Waals surface area contributed by atoms with Gasteiger partial charge in [-0.05, 0) is 30.3 Å². The third-order valence-electron chi connectivity index (χ3n) is 3.04. The smallest absolute Gasteiger partial charge is 0.122 e. The Labute approximate surface area is 122 Å². The van der Waals surface area contributed by atoms with E-state index in [0.717, 1.165) is 17.1 Å². The van der Waals surface area contributed by atoms with Gasteiger partial charge in [-0.1, -0.05) is 6.07 Å². The third-order valence-corrected chi connectivity index (χ3v) is 3.04. The van der Waals surface area contributed by atoms with E-state index in [-0.39, 0.29) is 0 Å². The first-order valence-electron chi connectivity index (χ1n) is 6.37. The Morgan fingerprint density at radius 2 is 2.05 bits per heavy atom. The zero-order valence-corrected chi connectivity index (χ0v) is 11.4. The second kappa shape index (κ2) is 5.47. The number of hydrogen-bond donors (Lipinski definition) is 0. The highest BCUT2D eigenvalue weighted by molar-refractivity contribution is 5.54. The molecule has 5 heteroatoms. The fourth-order valence-corrected chi connectivity index (χ4v) is 2.02. The number of nitriles is 1. The van der Waals surface area contributed by atoms with E-state index in [4.69, 9.17) is 10.00 Å². The highest BCUT2D eigenvalue weighted by Crippen LogP contribution is 2.21. The normalized spacial score (nSPS) is 10.1. The minimum absolute atomic E-state index is 0.527. The maximum atomic E-state index is 9.07. The summed E-state index contributed by atoms with van der Waals surface area (Å²) in [5, 5.41) is 13.6. The molecule has 0 fully saturated rings. The van der Waals surface area contributed by atoms with E-state index in [1.807, 2.05) is 36.5 Å². The molecule has 0 atom stereocenters. The molecule has 5 nitrogen and oxygen atoms in total. The summed E-state index contributed by atoms with van der Waals surface area (Å²) in [5.41, 5.74) is 2.88. The van der Waals surface area contributed by atoms with Crippen LogP contribution in [-0.4, -0.2) is 21.9 Å². The molecule has 0 bridgehead atoms. The number of rotatable bonds is 3. The van der Waals surface area contributed by atoms with Gasteiger partial charge in [0.25, 0.3) is 0 Å². The lowest BCUT2D eigenvalue weighted by molar-refractivity contribution is 0.414. The lowest BCUT2D eigenvalue weighted by atomic mass is 10.2. The molecule has 0 N–H and O–H groups in total. The van der Waals surface area contributed by atoms with Crippen LogP contribution in [0.4, 0.5) is 0 Å². The number of pyridine rings is 1. The Balaban J connectivity index is 2.02. The summed E-state index contributed by atoms with van der Waals surface area (Å²) in [6.45, 7) is 0. The summed E-state index contributed by atoms with van der Waals surface area (Å²) >= 11 is 0. The highest BCUT2D eigenvalue weighted by Gasteiger charge is 2.07. The minimum Gasteiger partial charge on any atom is -0.497 e. The Bertz CT molecular complexity index is 803. The Morgan fingerprint density at radius 3 is 2.76 bits per heavy atom. The zero-order chi connectivity index (χ0) is 14.7. The third kappa shape index (κ3) is 2.60. The molecule has 3 aromatic rings. The number of hydrogen-bond acceptors (Lipinski definition) is 4. The van der Waals surface area contributed by atoms with Gasteiger partial charge in [0.15, 0.2) is 0 Å². The van der Waals surface area contributed by atoms with Crippen molar-refractivity contribution >= 4 is 0 Å². The van der Waals surface area contributed by atoms with Gasteiger partial charge in [0.05, 0.1) is 30.1 Å². The van der Waals surface area contributed by atoms with E-state index in [1.54, 1.807) is 30.1 Å². The predicted molar refractivity (Wildman–Crippen MR) is 78.1 cm³/mol. The molecule has 2 heterocycles. The van der Waals surface area contributed by atoms with E-state index in [1.165, 1.54) is 0 Å². The molecular weight excluding hydrogens is 264 g/mol.